The molecule has 136 valence electrons. The summed E-state index contributed by atoms with van der Waals surface area (Å²) < 4.78 is 5.01. The molecule has 0 aliphatic carbocycles. The number of nitro groups is 1. The van der Waals surface area contributed by atoms with Crippen LogP contribution in [0.1, 0.15) is 0 Å². The Kier molecular flexibility index (Phi) is 5.10. The van der Waals surface area contributed by atoms with Crippen molar-refractivity contribution >= 4 is 36.6 Å². The third kappa shape index (κ3) is 3.15. The molecule has 0 saturated carbocycles. The summed E-state index contributed by atoms with van der Waals surface area (Å²) in [6, 6.07) is 38.8. The van der Waals surface area contributed by atoms with Crippen LogP contribution in [-0.2, 0) is 0 Å². The molecular formula is C24H19AsNO2+. The van der Waals surface area contributed by atoms with Crippen LogP contribution in [0, 0.1) is 10.1 Å². The van der Waals surface area contributed by atoms with Crippen LogP contribution in [0.3, 0.4) is 0 Å². The molecule has 0 aliphatic rings. The number of non-ortho nitro benzene ring substituents is 1. The van der Waals surface area contributed by atoms with Crippen LogP contribution in [0.2, 0.25) is 0 Å². The van der Waals surface area contributed by atoms with E-state index in [9.17, 15) is 10.1 Å². The van der Waals surface area contributed by atoms with E-state index in [1.165, 1.54) is 13.1 Å². The molecule has 3 nitrogen and oxygen atoms in total. The van der Waals surface area contributed by atoms with Crippen LogP contribution < -0.4 is 17.4 Å². The van der Waals surface area contributed by atoms with Crippen molar-refractivity contribution in [1.82, 2.24) is 0 Å². The first-order chi connectivity index (χ1) is 13.7. The molecule has 0 spiro atoms. The van der Waals surface area contributed by atoms with Gasteiger partial charge in [0.2, 0.25) is 0 Å². The first-order valence-electron chi connectivity index (χ1n) is 9.04. The molecule has 0 fully saturated rings. The normalized spacial score (nSPS) is 11.1. The molecule has 4 rings (SSSR count). The third-order valence-electron chi connectivity index (χ3n) is 4.88. The van der Waals surface area contributed by atoms with Crippen LogP contribution in [0.25, 0.3) is 0 Å². The monoisotopic (exact) mass is 428 g/mol. The number of benzene rings is 4. The van der Waals surface area contributed by atoms with Gasteiger partial charge in [0.15, 0.2) is 0 Å². The number of nitrogens with zero attached hydrogens (tertiary/aromatic N) is 1. The summed E-state index contributed by atoms with van der Waals surface area (Å²) in [4.78, 5) is 10.8. The molecule has 4 aromatic rings. The van der Waals surface area contributed by atoms with E-state index in [1.54, 1.807) is 12.1 Å². The molecule has 0 radical (unpaired) electrons. The number of hydrogen-bond acceptors (Lipinski definition) is 2. The van der Waals surface area contributed by atoms with E-state index in [1.807, 2.05) is 30.3 Å². The zero-order valence-corrected chi connectivity index (χ0v) is 17.1. The van der Waals surface area contributed by atoms with Gasteiger partial charge < -0.3 is 0 Å². The van der Waals surface area contributed by atoms with E-state index in [0.29, 0.717) is 0 Å². The first kappa shape index (κ1) is 18.2. The summed E-state index contributed by atoms with van der Waals surface area (Å²) in [7, 11) is 0. The van der Waals surface area contributed by atoms with E-state index in [-0.39, 0.29) is 10.6 Å². The Labute approximate surface area is 166 Å². The predicted octanol–water partition coefficient (Wildman–Crippen LogP) is 2.97. The topological polar surface area (TPSA) is 43.1 Å². The van der Waals surface area contributed by atoms with Crippen LogP contribution in [0.5, 0.6) is 0 Å². The van der Waals surface area contributed by atoms with E-state index in [0.717, 1.165) is 4.35 Å². The Morgan fingerprint density at radius 3 is 1.14 bits per heavy atom. The molecule has 0 aliphatic heterocycles. The van der Waals surface area contributed by atoms with Crippen molar-refractivity contribution in [3.8, 4) is 0 Å². The third-order valence-corrected chi connectivity index (χ3v) is 13.9. The Hall–Kier alpha value is -3.16. The van der Waals surface area contributed by atoms with Gasteiger partial charge in [0.1, 0.15) is 0 Å². The zero-order valence-electron chi connectivity index (χ0n) is 15.2. The standard InChI is InChI=1S/C24H19AsNO2/c27-26(28)24-18-16-23(17-19-24)25(20-10-4-1-5-11-20,21-12-6-2-7-13-21)22-14-8-3-9-15-22/h1-19H/q+1. The molecule has 28 heavy (non-hydrogen) atoms. The minimum atomic E-state index is -3.06. The molecule has 0 atom stereocenters. The molecule has 0 saturated heterocycles. The Balaban J connectivity index is 2.08. The minimum absolute atomic E-state index is 0.117. The average Bonchev–Trinajstić information content (AvgIpc) is 2.77. The second-order valence-electron chi connectivity index (χ2n) is 6.45. The van der Waals surface area contributed by atoms with Gasteiger partial charge in [0.25, 0.3) is 0 Å². The summed E-state index contributed by atoms with van der Waals surface area (Å²) in [5.41, 5.74) is 0.117. The van der Waals surface area contributed by atoms with Crippen LogP contribution in [0.15, 0.2) is 115 Å². The SMILES string of the molecule is O=[N+]([O-])c1ccc([As+](c2ccccc2)(c2ccccc2)c2ccccc2)cc1. The van der Waals surface area contributed by atoms with E-state index < -0.39 is 13.6 Å². The van der Waals surface area contributed by atoms with Gasteiger partial charge in [-0.3, -0.25) is 0 Å². The Morgan fingerprint density at radius 2 is 0.821 bits per heavy atom. The van der Waals surface area contributed by atoms with Gasteiger partial charge in [-0.2, -0.15) is 0 Å². The van der Waals surface area contributed by atoms with Crippen molar-refractivity contribution in [3.63, 3.8) is 0 Å². The van der Waals surface area contributed by atoms with Crippen molar-refractivity contribution in [2.24, 2.45) is 0 Å². The Morgan fingerprint density at radius 1 is 0.500 bits per heavy atom. The molecule has 4 aromatic carbocycles. The summed E-state index contributed by atoms with van der Waals surface area (Å²) in [6.07, 6.45) is 0. The molecular weight excluding hydrogens is 409 g/mol. The van der Waals surface area contributed by atoms with Crippen LogP contribution in [-0.4, -0.2) is 18.5 Å². The molecule has 0 amide bonds. The van der Waals surface area contributed by atoms with Crippen LogP contribution >= 0.6 is 0 Å². The summed E-state index contributed by atoms with van der Waals surface area (Å²) in [5, 5.41) is 11.2. The average molecular weight is 428 g/mol. The van der Waals surface area contributed by atoms with Crippen molar-refractivity contribution < 1.29 is 4.92 Å². The van der Waals surface area contributed by atoms with Crippen LogP contribution in [0.4, 0.5) is 5.69 Å². The molecule has 0 unspecified atom stereocenters. The number of rotatable bonds is 5. The fourth-order valence-electron chi connectivity index (χ4n) is 3.65. The van der Waals surface area contributed by atoms with Gasteiger partial charge >= 0.3 is 167 Å². The summed E-state index contributed by atoms with van der Waals surface area (Å²) in [5.74, 6) is 0. The van der Waals surface area contributed by atoms with Gasteiger partial charge in [-0.1, -0.05) is 0 Å². The quantitative estimate of drug-likeness (QED) is 0.279. The molecule has 0 bridgehead atoms. The molecule has 0 aromatic heterocycles. The summed E-state index contributed by atoms with van der Waals surface area (Å²) in [6.45, 7) is 0. The second-order valence-corrected chi connectivity index (χ2v) is 13.6. The number of hydrogen-bond donors (Lipinski definition) is 0. The van der Waals surface area contributed by atoms with Gasteiger partial charge in [-0.25, -0.2) is 0 Å². The van der Waals surface area contributed by atoms with Gasteiger partial charge in [-0.15, -0.1) is 0 Å². The van der Waals surface area contributed by atoms with Gasteiger partial charge in [0, 0.05) is 0 Å². The molecule has 4 heteroatoms. The second kappa shape index (κ2) is 7.83. The van der Waals surface area contributed by atoms with E-state index >= 15 is 0 Å². The Bertz CT molecular complexity index is 969. The predicted molar refractivity (Wildman–Crippen MR) is 117 cm³/mol. The van der Waals surface area contributed by atoms with Crippen molar-refractivity contribution in [3.05, 3.63) is 125 Å². The van der Waals surface area contributed by atoms with E-state index in [2.05, 4.69) is 72.8 Å². The molecule has 0 N–H and O–H groups in total. The number of nitro benzene ring substituents is 1. The zero-order chi connectivity index (χ0) is 19.4. The van der Waals surface area contributed by atoms with Crippen molar-refractivity contribution in [2.45, 2.75) is 0 Å². The maximum absolute atomic E-state index is 11.2. The first-order valence-corrected chi connectivity index (χ1v) is 12.8. The van der Waals surface area contributed by atoms with E-state index in [4.69, 9.17) is 0 Å². The fraction of sp³-hybridized carbons (Fsp3) is 0. The van der Waals surface area contributed by atoms with Gasteiger partial charge in [0.05, 0.1) is 0 Å². The van der Waals surface area contributed by atoms with Crippen molar-refractivity contribution in [1.29, 1.82) is 0 Å². The summed E-state index contributed by atoms with van der Waals surface area (Å²) >= 11 is -3.06. The molecule has 0 heterocycles. The van der Waals surface area contributed by atoms with Gasteiger partial charge in [-0.05, 0) is 0 Å². The van der Waals surface area contributed by atoms with Crippen molar-refractivity contribution in [2.75, 3.05) is 0 Å². The fourth-order valence-corrected chi connectivity index (χ4v) is 12.5. The maximum atomic E-state index is 11.2.